The van der Waals surface area contributed by atoms with Gasteiger partial charge in [-0.05, 0) is 32.2 Å². The van der Waals surface area contributed by atoms with Gasteiger partial charge in [-0.1, -0.05) is 20.3 Å². The molecule has 0 aliphatic carbocycles. The highest BCUT2D eigenvalue weighted by Gasteiger charge is 2.24. The molecule has 0 aromatic heterocycles. The van der Waals surface area contributed by atoms with E-state index >= 15 is 0 Å². The third-order valence-corrected chi connectivity index (χ3v) is 3.72. The maximum atomic E-state index is 5.90. The van der Waals surface area contributed by atoms with Gasteiger partial charge in [-0.3, -0.25) is 4.90 Å². The molecule has 0 aromatic rings. The van der Waals surface area contributed by atoms with Crippen LogP contribution in [0.1, 0.15) is 39.5 Å². The molecule has 1 heterocycles. The van der Waals surface area contributed by atoms with Crippen LogP contribution in [0.5, 0.6) is 0 Å². The molecule has 16 heavy (non-hydrogen) atoms. The molecular weight excluding hydrogens is 200 g/mol. The number of nitrogens with two attached hydrogens (primary N) is 1. The van der Waals surface area contributed by atoms with Crippen LogP contribution in [0.15, 0.2) is 0 Å². The number of hydrogen-bond donors (Lipinski definition) is 1. The van der Waals surface area contributed by atoms with Crippen LogP contribution in [0.3, 0.4) is 0 Å². The largest absolute Gasteiger partial charge is 0.377 e. The van der Waals surface area contributed by atoms with E-state index in [9.17, 15) is 0 Å². The van der Waals surface area contributed by atoms with Gasteiger partial charge in [-0.25, -0.2) is 0 Å². The Morgan fingerprint density at radius 2 is 2.25 bits per heavy atom. The van der Waals surface area contributed by atoms with Crippen LogP contribution in [0.25, 0.3) is 0 Å². The van der Waals surface area contributed by atoms with Crippen molar-refractivity contribution in [3.63, 3.8) is 0 Å². The molecule has 1 aliphatic rings. The Bertz CT molecular complexity index is 181. The topological polar surface area (TPSA) is 38.5 Å². The van der Waals surface area contributed by atoms with Crippen molar-refractivity contribution in [3.8, 4) is 0 Å². The molecule has 3 nitrogen and oxygen atoms in total. The fourth-order valence-corrected chi connectivity index (χ4v) is 2.74. The molecule has 1 aliphatic heterocycles. The molecule has 0 saturated carbocycles. The van der Waals surface area contributed by atoms with Crippen molar-refractivity contribution in [3.05, 3.63) is 0 Å². The van der Waals surface area contributed by atoms with Gasteiger partial charge in [0, 0.05) is 25.7 Å². The SMILES string of the molecule is CCCC(C)C(CN)N(C)CC1CCCO1. The number of likely N-dealkylation sites (N-methyl/N-ethyl adjacent to an activating group) is 1. The summed E-state index contributed by atoms with van der Waals surface area (Å²) in [4.78, 5) is 2.40. The minimum atomic E-state index is 0.438. The summed E-state index contributed by atoms with van der Waals surface area (Å²) >= 11 is 0. The number of rotatable bonds is 7. The first-order chi connectivity index (χ1) is 7.69. The molecule has 0 spiro atoms. The van der Waals surface area contributed by atoms with Gasteiger partial charge in [0.2, 0.25) is 0 Å². The second kappa shape index (κ2) is 7.25. The van der Waals surface area contributed by atoms with Crippen molar-refractivity contribution in [2.24, 2.45) is 11.7 Å². The number of ether oxygens (including phenoxy) is 1. The quantitative estimate of drug-likeness (QED) is 0.723. The standard InChI is InChI=1S/C13H28N2O/c1-4-6-11(2)13(9-14)15(3)10-12-7-5-8-16-12/h11-13H,4-10,14H2,1-3H3. The molecule has 1 fully saturated rings. The average molecular weight is 228 g/mol. The summed E-state index contributed by atoms with van der Waals surface area (Å²) in [6, 6.07) is 0.504. The summed E-state index contributed by atoms with van der Waals surface area (Å²) in [6.07, 6.45) is 5.37. The first-order valence-electron chi connectivity index (χ1n) is 6.71. The molecule has 2 N–H and O–H groups in total. The maximum absolute atomic E-state index is 5.90. The van der Waals surface area contributed by atoms with Crippen LogP contribution in [-0.4, -0.2) is 43.8 Å². The third kappa shape index (κ3) is 4.04. The Kier molecular flexibility index (Phi) is 6.32. The Labute approximate surface area is 100 Å². The molecule has 96 valence electrons. The van der Waals surface area contributed by atoms with E-state index in [1.807, 2.05) is 0 Å². The van der Waals surface area contributed by atoms with Crippen molar-refractivity contribution in [1.29, 1.82) is 0 Å². The summed E-state index contributed by atoms with van der Waals surface area (Å²) in [6.45, 7) is 7.29. The zero-order chi connectivity index (χ0) is 12.0. The van der Waals surface area contributed by atoms with Crippen molar-refractivity contribution in [2.45, 2.75) is 51.7 Å². The normalized spacial score (nSPS) is 24.9. The molecule has 1 rings (SSSR count). The Morgan fingerprint density at radius 3 is 2.75 bits per heavy atom. The summed E-state index contributed by atoms with van der Waals surface area (Å²) in [5.74, 6) is 0.682. The van der Waals surface area contributed by atoms with E-state index < -0.39 is 0 Å². The summed E-state index contributed by atoms with van der Waals surface area (Å²) in [5.41, 5.74) is 5.90. The van der Waals surface area contributed by atoms with E-state index in [4.69, 9.17) is 10.5 Å². The van der Waals surface area contributed by atoms with E-state index in [2.05, 4.69) is 25.8 Å². The molecule has 0 bridgehead atoms. The van der Waals surface area contributed by atoms with Crippen LogP contribution in [0, 0.1) is 5.92 Å². The number of nitrogens with zero attached hydrogens (tertiary/aromatic N) is 1. The molecular formula is C13H28N2O. The summed E-state index contributed by atoms with van der Waals surface area (Å²) < 4.78 is 5.68. The zero-order valence-corrected chi connectivity index (χ0v) is 11.1. The van der Waals surface area contributed by atoms with Crippen molar-refractivity contribution < 1.29 is 4.74 Å². The molecule has 3 heteroatoms. The highest BCUT2D eigenvalue weighted by molar-refractivity contribution is 4.79. The van der Waals surface area contributed by atoms with Gasteiger partial charge < -0.3 is 10.5 Å². The van der Waals surface area contributed by atoms with Gasteiger partial charge in [0.15, 0.2) is 0 Å². The fourth-order valence-electron chi connectivity index (χ4n) is 2.74. The molecule has 0 amide bonds. The van der Waals surface area contributed by atoms with E-state index in [0.29, 0.717) is 18.1 Å². The zero-order valence-electron chi connectivity index (χ0n) is 11.1. The van der Waals surface area contributed by atoms with Crippen LogP contribution in [-0.2, 0) is 4.74 Å². The first-order valence-corrected chi connectivity index (χ1v) is 6.71. The highest BCUT2D eigenvalue weighted by Crippen LogP contribution is 2.18. The van der Waals surface area contributed by atoms with Crippen LogP contribution in [0.2, 0.25) is 0 Å². The number of hydrogen-bond acceptors (Lipinski definition) is 3. The second-order valence-electron chi connectivity index (χ2n) is 5.14. The highest BCUT2D eigenvalue weighted by atomic mass is 16.5. The summed E-state index contributed by atoms with van der Waals surface area (Å²) in [5, 5.41) is 0. The lowest BCUT2D eigenvalue weighted by Gasteiger charge is -2.33. The molecule has 1 saturated heterocycles. The van der Waals surface area contributed by atoms with E-state index in [0.717, 1.165) is 19.7 Å². The minimum Gasteiger partial charge on any atom is -0.377 e. The molecule has 3 unspecified atom stereocenters. The lowest BCUT2D eigenvalue weighted by Crippen LogP contribution is -2.45. The van der Waals surface area contributed by atoms with Crippen molar-refractivity contribution in [1.82, 2.24) is 4.90 Å². The molecule has 0 aromatic carbocycles. The van der Waals surface area contributed by atoms with E-state index in [1.54, 1.807) is 0 Å². The lowest BCUT2D eigenvalue weighted by atomic mass is 9.95. The predicted molar refractivity (Wildman–Crippen MR) is 68.5 cm³/mol. The Morgan fingerprint density at radius 1 is 1.50 bits per heavy atom. The Balaban J connectivity index is 2.37. The minimum absolute atomic E-state index is 0.438. The van der Waals surface area contributed by atoms with Gasteiger partial charge in [0.05, 0.1) is 6.10 Å². The van der Waals surface area contributed by atoms with Gasteiger partial charge in [-0.15, -0.1) is 0 Å². The van der Waals surface area contributed by atoms with Crippen molar-refractivity contribution >= 4 is 0 Å². The van der Waals surface area contributed by atoms with Gasteiger partial charge in [-0.2, -0.15) is 0 Å². The van der Waals surface area contributed by atoms with Gasteiger partial charge in [0.25, 0.3) is 0 Å². The average Bonchev–Trinajstić information content (AvgIpc) is 2.71. The lowest BCUT2D eigenvalue weighted by molar-refractivity contribution is 0.0587. The third-order valence-electron chi connectivity index (χ3n) is 3.72. The predicted octanol–water partition coefficient (Wildman–Crippen LogP) is 1.86. The van der Waals surface area contributed by atoms with Crippen LogP contribution in [0.4, 0.5) is 0 Å². The molecule has 0 radical (unpaired) electrons. The second-order valence-corrected chi connectivity index (χ2v) is 5.14. The fraction of sp³-hybridized carbons (Fsp3) is 1.00. The summed E-state index contributed by atoms with van der Waals surface area (Å²) in [7, 11) is 2.19. The van der Waals surface area contributed by atoms with Crippen LogP contribution < -0.4 is 5.73 Å². The van der Waals surface area contributed by atoms with Crippen molar-refractivity contribution in [2.75, 3.05) is 26.7 Å². The smallest absolute Gasteiger partial charge is 0.0702 e. The maximum Gasteiger partial charge on any atom is 0.0702 e. The van der Waals surface area contributed by atoms with E-state index in [1.165, 1.54) is 25.7 Å². The first kappa shape index (κ1) is 13.9. The van der Waals surface area contributed by atoms with E-state index in [-0.39, 0.29) is 0 Å². The Hall–Kier alpha value is -0.120. The monoisotopic (exact) mass is 228 g/mol. The van der Waals surface area contributed by atoms with Gasteiger partial charge >= 0.3 is 0 Å². The van der Waals surface area contributed by atoms with Crippen LogP contribution >= 0.6 is 0 Å². The molecule has 3 atom stereocenters. The van der Waals surface area contributed by atoms with Gasteiger partial charge in [0.1, 0.15) is 0 Å².